The van der Waals surface area contributed by atoms with E-state index in [9.17, 15) is 28.8 Å². The van der Waals surface area contributed by atoms with Crippen molar-refractivity contribution in [3.8, 4) is 0 Å². The molecule has 0 amide bonds. The molecule has 13 nitrogen and oxygen atoms in total. The number of hydrogen-bond donors (Lipinski definition) is 0. The topological polar surface area (TPSA) is 167 Å². The fourth-order valence-electron chi connectivity index (χ4n) is 2.91. The van der Waals surface area contributed by atoms with Gasteiger partial charge in [0.15, 0.2) is 30.4 Å². The van der Waals surface area contributed by atoms with Gasteiger partial charge in [-0.2, -0.15) is 0 Å². The summed E-state index contributed by atoms with van der Waals surface area (Å²) in [5.74, 6) is -4.11. The Balaban J connectivity index is 3.15. The SMILES string of the molecule is COC(=O)CCC(=O)CO[C@@H]1O[C@H](COC(C)=O)[C@@H](OC(C)=O)[C@H](OC(C)=O)[C@H]1OC(C)=O. The number of methoxy groups -OCH3 is 1. The van der Waals surface area contributed by atoms with Crippen LogP contribution in [0.4, 0.5) is 0 Å². The van der Waals surface area contributed by atoms with E-state index in [1.165, 1.54) is 7.11 Å². The average Bonchev–Trinajstić information content (AvgIpc) is 2.71. The van der Waals surface area contributed by atoms with E-state index >= 15 is 0 Å². The Morgan fingerprint density at radius 3 is 1.79 bits per heavy atom. The van der Waals surface area contributed by atoms with Crippen LogP contribution < -0.4 is 0 Å². The maximum Gasteiger partial charge on any atom is 0.305 e. The number of Topliss-reactive ketones (excluding diaryl/α,β-unsaturated/α-hetero) is 1. The van der Waals surface area contributed by atoms with E-state index < -0.39 is 79.5 Å². The largest absolute Gasteiger partial charge is 0.469 e. The molecule has 0 aromatic heterocycles. The van der Waals surface area contributed by atoms with Gasteiger partial charge in [-0.25, -0.2) is 0 Å². The zero-order valence-electron chi connectivity index (χ0n) is 19.0. The highest BCUT2D eigenvalue weighted by Gasteiger charge is 2.52. The van der Waals surface area contributed by atoms with Crippen molar-refractivity contribution in [2.45, 2.75) is 71.2 Å². The molecule has 0 spiro atoms. The third-order valence-electron chi connectivity index (χ3n) is 4.19. The first-order valence-electron chi connectivity index (χ1n) is 9.95. The molecule has 0 N–H and O–H groups in total. The molecule has 0 aromatic rings. The minimum Gasteiger partial charge on any atom is -0.469 e. The molecule has 1 heterocycles. The van der Waals surface area contributed by atoms with Gasteiger partial charge in [-0.15, -0.1) is 0 Å². The maximum absolute atomic E-state index is 12.1. The molecular formula is C20H28O13. The first-order valence-corrected chi connectivity index (χ1v) is 9.95. The number of ketones is 1. The van der Waals surface area contributed by atoms with Gasteiger partial charge in [-0.05, 0) is 0 Å². The summed E-state index contributed by atoms with van der Waals surface area (Å²) in [6.45, 7) is 3.42. The van der Waals surface area contributed by atoms with Crippen LogP contribution in [-0.4, -0.2) is 86.7 Å². The van der Waals surface area contributed by atoms with E-state index in [-0.39, 0.29) is 12.8 Å². The fraction of sp³-hybridized carbons (Fsp3) is 0.700. The zero-order valence-corrected chi connectivity index (χ0v) is 19.0. The second-order valence-corrected chi connectivity index (χ2v) is 6.99. The fourth-order valence-corrected chi connectivity index (χ4v) is 2.91. The van der Waals surface area contributed by atoms with Crippen LogP contribution in [0.25, 0.3) is 0 Å². The summed E-state index contributed by atoms with van der Waals surface area (Å²) in [6.07, 6.45) is -7.17. The van der Waals surface area contributed by atoms with Crippen molar-refractivity contribution >= 4 is 35.6 Å². The monoisotopic (exact) mass is 476 g/mol. The quantitative estimate of drug-likeness (QED) is 0.279. The standard InChI is InChI=1S/C20H28O13/c1-10(21)28-9-15-17(30-11(2)22)18(31-12(3)23)19(32-13(4)24)20(33-15)29-8-14(25)6-7-16(26)27-5/h15,17-20H,6-9H2,1-5H3/t15-,17-,18+,19-,20-/m1/s1. The third kappa shape index (κ3) is 9.95. The lowest BCUT2D eigenvalue weighted by atomic mass is 9.98. The van der Waals surface area contributed by atoms with Crippen molar-refractivity contribution in [3.05, 3.63) is 0 Å². The van der Waals surface area contributed by atoms with Gasteiger partial charge in [0.1, 0.15) is 19.3 Å². The molecule has 0 aromatic carbocycles. The van der Waals surface area contributed by atoms with E-state index in [0.29, 0.717) is 0 Å². The molecule has 0 unspecified atom stereocenters. The zero-order chi connectivity index (χ0) is 25.1. The van der Waals surface area contributed by atoms with Gasteiger partial charge in [0.2, 0.25) is 0 Å². The number of esters is 5. The third-order valence-corrected chi connectivity index (χ3v) is 4.19. The second kappa shape index (κ2) is 13.5. The summed E-state index contributed by atoms with van der Waals surface area (Å²) in [7, 11) is 1.18. The van der Waals surface area contributed by atoms with E-state index in [4.69, 9.17) is 28.4 Å². The van der Waals surface area contributed by atoms with E-state index in [0.717, 1.165) is 27.7 Å². The van der Waals surface area contributed by atoms with Crippen LogP contribution in [0, 0.1) is 0 Å². The number of rotatable bonds is 11. The van der Waals surface area contributed by atoms with Gasteiger partial charge in [0.25, 0.3) is 0 Å². The van der Waals surface area contributed by atoms with Gasteiger partial charge >= 0.3 is 29.8 Å². The highest BCUT2D eigenvalue weighted by Crippen LogP contribution is 2.30. The highest BCUT2D eigenvalue weighted by molar-refractivity contribution is 5.83. The molecule has 0 radical (unpaired) electrons. The summed E-state index contributed by atoms with van der Waals surface area (Å²) < 4.78 is 36.2. The molecular weight excluding hydrogens is 448 g/mol. The molecule has 1 aliphatic heterocycles. The van der Waals surface area contributed by atoms with Crippen molar-refractivity contribution in [2.24, 2.45) is 0 Å². The van der Waals surface area contributed by atoms with Gasteiger partial charge in [0, 0.05) is 34.1 Å². The predicted octanol–water partition coefficient (Wildman–Crippen LogP) is -0.392. The summed E-state index contributed by atoms with van der Waals surface area (Å²) >= 11 is 0. The number of hydrogen-bond acceptors (Lipinski definition) is 13. The van der Waals surface area contributed by atoms with Crippen LogP contribution >= 0.6 is 0 Å². The van der Waals surface area contributed by atoms with E-state index in [1.807, 2.05) is 0 Å². The Labute approximate surface area is 189 Å². The highest BCUT2D eigenvalue weighted by atomic mass is 16.7. The van der Waals surface area contributed by atoms with Gasteiger partial charge in [0.05, 0.1) is 13.5 Å². The molecule has 0 bridgehead atoms. The smallest absolute Gasteiger partial charge is 0.305 e. The van der Waals surface area contributed by atoms with E-state index in [2.05, 4.69) is 4.74 Å². The minimum atomic E-state index is -1.47. The summed E-state index contributed by atoms with van der Waals surface area (Å²) in [4.78, 5) is 69.6. The first kappa shape index (κ1) is 28.0. The molecule has 0 aliphatic carbocycles. The number of carbonyl (C=O) groups is 6. The van der Waals surface area contributed by atoms with Crippen LogP contribution in [0.2, 0.25) is 0 Å². The molecule has 1 saturated heterocycles. The van der Waals surface area contributed by atoms with Crippen LogP contribution in [0.15, 0.2) is 0 Å². The van der Waals surface area contributed by atoms with Crippen LogP contribution in [-0.2, 0) is 61.9 Å². The maximum atomic E-state index is 12.1. The molecule has 1 fully saturated rings. The normalized spacial score (nSPS) is 24.2. The Kier molecular flexibility index (Phi) is 11.4. The number of carbonyl (C=O) groups excluding carboxylic acids is 6. The second-order valence-electron chi connectivity index (χ2n) is 6.99. The molecule has 1 aliphatic rings. The van der Waals surface area contributed by atoms with Gasteiger partial charge in [-0.3, -0.25) is 28.8 Å². The lowest BCUT2D eigenvalue weighted by Crippen LogP contribution is -2.63. The molecule has 0 saturated carbocycles. The molecule has 33 heavy (non-hydrogen) atoms. The van der Waals surface area contributed by atoms with Crippen LogP contribution in [0.3, 0.4) is 0 Å². The average molecular weight is 476 g/mol. The van der Waals surface area contributed by atoms with Gasteiger partial charge < -0.3 is 33.2 Å². The lowest BCUT2D eigenvalue weighted by molar-refractivity contribution is -0.306. The van der Waals surface area contributed by atoms with Crippen molar-refractivity contribution in [1.29, 1.82) is 0 Å². The van der Waals surface area contributed by atoms with Crippen molar-refractivity contribution in [2.75, 3.05) is 20.3 Å². The summed E-state index contributed by atoms with van der Waals surface area (Å²) in [5.41, 5.74) is 0. The number of ether oxygens (including phenoxy) is 7. The Morgan fingerprint density at radius 1 is 0.727 bits per heavy atom. The molecule has 13 heteroatoms. The first-order chi connectivity index (χ1) is 15.4. The van der Waals surface area contributed by atoms with Crippen molar-refractivity contribution in [1.82, 2.24) is 0 Å². The molecule has 186 valence electrons. The predicted molar refractivity (Wildman–Crippen MR) is 104 cm³/mol. The lowest BCUT2D eigenvalue weighted by Gasteiger charge is -2.43. The molecule has 1 rings (SSSR count). The Bertz CT molecular complexity index is 746. The van der Waals surface area contributed by atoms with Crippen LogP contribution in [0.1, 0.15) is 40.5 Å². The van der Waals surface area contributed by atoms with Crippen molar-refractivity contribution in [3.63, 3.8) is 0 Å². The summed E-state index contributed by atoms with van der Waals surface area (Å²) in [5, 5.41) is 0. The van der Waals surface area contributed by atoms with Gasteiger partial charge in [-0.1, -0.05) is 0 Å². The van der Waals surface area contributed by atoms with Crippen molar-refractivity contribution < 1.29 is 61.9 Å². The minimum absolute atomic E-state index is 0.169. The Hall–Kier alpha value is -3.06. The molecule has 5 atom stereocenters. The van der Waals surface area contributed by atoms with Crippen LogP contribution in [0.5, 0.6) is 0 Å². The summed E-state index contributed by atoms with van der Waals surface area (Å²) in [6, 6.07) is 0. The Morgan fingerprint density at radius 2 is 1.27 bits per heavy atom. The van der Waals surface area contributed by atoms with E-state index in [1.54, 1.807) is 0 Å².